The molecule has 29 heavy (non-hydrogen) atoms. The molecule has 6 heteroatoms. The number of thiophene rings is 1. The number of fused-ring (bicyclic) bond motifs is 5. The van der Waals surface area contributed by atoms with Gasteiger partial charge in [0.25, 0.3) is 0 Å². The minimum Gasteiger partial charge on any atom is -0.369 e. The van der Waals surface area contributed by atoms with Crippen molar-refractivity contribution in [2.45, 2.75) is 25.7 Å². The van der Waals surface area contributed by atoms with E-state index in [1.807, 2.05) is 0 Å². The average molecular weight is 404 g/mol. The van der Waals surface area contributed by atoms with Crippen molar-refractivity contribution >= 4 is 37.6 Å². The molecule has 3 aromatic heterocycles. The number of pyridine rings is 1. The van der Waals surface area contributed by atoms with Gasteiger partial charge in [0.05, 0.1) is 15.9 Å². The summed E-state index contributed by atoms with van der Waals surface area (Å²) in [5.74, 6) is 0.935. The molecule has 0 saturated carbocycles. The molecule has 0 radical (unpaired) electrons. The molecule has 0 spiro atoms. The van der Waals surface area contributed by atoms with E-state index in [0.717, 1.165) is 58.9 Å². The number of rotatable bonds is 6. The first-order chi connectivity index (χ1) is 14.2. The Morgan fingerprint density at radius 3 is 2.72 bits per heavy atom. The summed E-state index contributed by atoms with van der Waals surface area (Å²) >= 11 is 1.72. The molecule has 0 atom stereocenters. The smallest absolute Gasteiger partial charge is 0.147 e. The van der Waals surface area contributed by atoms with E-state index in [9.17, 15) is 0 Å². The third-order valence-electron chi connectivity index (χ3n) is 5.59. The summed E-state index contributed by atoms with van der Waals surface area (Å²) in [6.07, 6.45) is 6.16. The van der Waals surface area contributed by atoms with E-state index in [2.05, 4.69) is 64.6 Å². The standard InChI is InChI=1S/C23H25N5S/c1-28(2)13-7-12-24-22-21-20(25-14-26-22)18-16-10-6-11-17(16)19(27-23(18)29-21)15-8-4-3-5-9-15/h3-5,8-9,14H,6-7,10-13H2,1-2H3,(H,24,25,26). The fourth-order valence-corrected chi connectivity index (χ4v) is 5.39. The molecule has 1 N–H and O–H groups in total. The molecule has 1 aliphatic rings. The second-order valence-corrected chi connectivity index (χ2v) is 8.90. The van der Waals surface area contributed by atoms with Crippen LogP contribution in [0.1, 0.15) is 24.0 Å². The Hall–Kier alpha value is -2.57. The van der Waals surface area contributed by atoms with E-state index in [4.69, 9.17) is 4.98 Å². The molecular formula is C23H25N5S. The van der Waals surface area contributed by atoms with E-state index >= 15 is 0 Å². The van der Waals surface area contributed by atoms with Gasteiger partial charge in [-0.2, -0.15) is 0 Å². The maximum atomic E-state index is 5.13. The number of nitrogens with zero attached hydrogens (tertiary/aromatic N) is 4. The molecule has 5 nitrogen and oxygen atoms in total. The topological polar surface area (TPSA) is 53.9 Å². The Morgan fingerprint density at radius 1 is 1.07 bits per heavy atom. The number of aryl methyl sites for hydroxylation is 1. The number of anilines is 1. The molecule has 0 bridgehead atoms. The Morgan fingerprint density at radius 2 is 1.90 bits per heavy atom. The van der Waals surface area contributed by atoms with Crippen molar-refractivity contribution in [1.82, 2.24) is 19.9 Å². The van der Waals surface area contributed by atoms with Gasteiger partial charge >= 0.3 is 0 Å². The highest BCUT2D eigenvalue weighted by atomic mass is 32.1. The lowest BCUT2D eigenvalue weighted by Gasteiger charge is -2.10. The minimum atomic E-state index is 0.902. The zero-order chi connectivity index (χ0) is 19.8. The Bertz CT molecular complexity index is 1170. The first-order valence-electron chi connectivity index (χ1n) is 10.3. The lowest BCUT2D eigenvalue weighted by Crippen LogP contribution is -2.16. The average Bonchev–Trinajstić information content (AvgIpc) is 3.35. The zero-order valence-electron chi connectivity index (χ0n) is 16.9. The summed E-state index contributed by atoms with van der Waals surface area (Å²) in [7, 11) is 4.21. The third kappa shape index (κ3) is 3.36. The van der Waals surface area contributed by atoms with Gasteiger partial charge in [-0.15, -0.1) is 11.3 Å². The van der Waals surface area contributed by atoms with E-state index in [0.29, 0.717) is 0 Å². The van der Waals surface area contributed by atoms with E-state index in [1.165, 1.54) is 28.5 Å². The maximum Gasteiger partial charge on any atom is 0.147 e. The SMILES string of the molecule is CN(C)CCCNc1ncnc2c1sc1nc(-c3ccccc3)c3c(c12)CCC3. The first-order valence-corrected chi connectivity index (χ1v) is 11.1. The number of benzene rings is 1. The summed E-state index contributed by atoms with van der Waals surface area (Å²) in [6, 6.07) is 10.6. The Kier molecular flexibility index (Phi) is 4.89. The number of hydrogen-bond donors (Lipinski definition) is 1. The number of hydrogen-bond acceptors (Lipinski definition) is 6. The van der Waals surface area contributed by atoms with Gasteiger partial charge < -0.3 is 10.2 Å². The number of aromatic nitrogens is 3. The van der Waals surface area contributed by atoms with Crippen LogP contribution in [0.25, 0.3) is 31.7 Å². The zero-order valence-corrected chi connectivity index (χ0v) is 17.7. The van der Waals surface area contributed by atoms with Crippen molar-refractivity contribution < 1.29 is 0 Å². The van der Waals surface area contributed by atoms with Gasteiger partial charge in [0, 0.05) is 17.5 Å². The summed E-state index contributed by atoms with van der Waals surface area (Å²) in [5.41, 5.74) is 6.25. The highest BCUT2D eigenvalue weighted by molar-refractivity contribution is 7.26. The predicted molar refractivity (Wildman–Crippen MR) is 122 cm³/mol. The van der Waals surface area contributed by atoms with Gasteiger partial charge in [-0.05, 0) is 57.5 Å². The molecule has 148 valence electrons. The van der Waals surface area contributed by atoms with Crippen molar-refractivity contribution in [3.05, 3.63) is 47.8 Å². The monoisotopic (exact) mass is 403 g/mol. The normalized spacial score (nSPS) is 13.5. The van der Waals surface area contributed by atoms with E-state index in [-0.39, 0.29) is 0 Å². The fourth-order valence-electron chi connectivity index (χ4n) is 4.26. The molecule has 1 aliphatic carbocycles. The Labute approximate surface area is 174 Å². The predicted octanol–water partition coefficient (Wildman–Crippen LogP) is 4.76. The van der Waals surface area contributed by atoms with Gasteiger partial charge in [0.1, 0.15) is 17.0 Å². The molecule has 4 aromatic rings. The summed E-state index contributed by atoms with van der Waals surface area (Å²) in [5, 5.41) is 4.77. The first kappa shape index (κ1) is 18.5. The summed E-state index contributed by atoms with van der Waals surface area (Å²) < 4.78 is 1.12. The largest absolute Gasteiger partial charge is 0.369 e. The van der Waals surface area contributed by atoms with Gasteiger partial charge in [0.15, 0.2) is 0 Å². The van der Waals surface area contributed by atoms with Crippen LogP contribution in [0.4, 0.5) is 5.82 Å². The van der Waals surface area contributed by atoms with Crippen molar-refractivity contribution in [1.29, 1.82) is 0 Å². The van der Waals surface area contributed by atoms with Crippen LogP contribution >= 0.6 is 11.3 Å². The molecule has 5 rings (SSSR count). The van der Waals surface area contributed by atoms with Gasteiger partial charge in [-0.25, -0.2) is 15.0 Å². The number of nitrogens with one attached hydrogen (secondary N) is 1. The highest BCUT2D eigenvalue weighted by Crippen LogP contribution is 2.43. The summed E-state index contributed by atoms with van der Waals surface area (Å²) in [6.45, 7) is 1.96. The van der Waals surface area contributed by atoms with Crippen LogP contribution < -0.4 is 5.32 Å². The lowest BCUT2D eigenvalue weighted by atomic mass is 10.0. The van der Waals surface area contributed by atoms with Crippen LogP contribution in [-0.4, -0.2) is 47.0 Å². The molecular weight excluding hydrogens is 378 g/mol. The molecule has 3 heterocycles. The van der Waals surface area contributed by atoms with Gasteiger partial charge in [-0.1, -0.05) is 30.3 Å². The minimum absolute atomic E-state index is 0.902. The molecule has 1 aromatic carbocycles. The van der Waals surface area contributed by atoms with Crippen LogP contribution in [0.2, 0.25) is 0 Å². The van der Waals surface area contributed by atoms with Crippen molar-refractivity contribution in [2.24, 2.45) is 0 Å². The van der Waals surface area contributed by atoms with Crippen LogP contribution in [0.15, 0.2) is 36.7 Å². The maximum absolute atomic E-state index is 5.13. The third-order valence-corrected chi connectivity index (χ3v) is 6.67. The van der Waals surface area contributed by atoms with Crippen LogP contribution in [0.5, 0.6) is 0 Å². The second-order valence-electron chi connectivity index (χ2n) is 7.90. The van der Waals surface area contributed by atoms with Crippen molar-refractivity contribution in [2.75, 3.05) is 32.5 Å². The second kappa shape index (κ2) is 7.69. The summed E-state index contributed by atoms with van der Waals surface area (Å²) in [4.78, 5) is 17.6. The molecule has 0 saturated heterocycles. The van der Waals surface area contributed by atoms with Gasteiger partial charge in [-0.3, -0.25) is 0 Å². The molecule has 0 aliphatic heterocycles. The van der Waals surface area contributed by atoms with Crippen molar-refractivity contribution in [3.8, 4) is 11.3 Å². The molecule has 0 fully saturated rings. The van der Waals surface area contributed by atoms with Crippen molar-refractivity contribution in [3.63, 3.8) is 0 Å². The Balaban J connectivity index is 1.62. The highest BCUT2D eigenvalue weighted by Gasteiger charge is 2.24. The van der Waals surface area contributed by atoms with E-state index < -0.39 is 0 Å². The lowest BCUT2D eigenvalue weighted by molar-refractivity contribution is 0.405. The van der Waals surface area contributed by atoms with Crippen LogP contribution in [-0.2, 0) is 12.8 Å². The molecule has 0 unspecified atom stereocenters. The van der Waals surface area contributed by atoms with E-state index in [1.54, 1.807) is 17.7 Å². The fraction of sp³-hybridized carbons (Fsp3) is 0.348. The molecule has 0 amide bonds. The van der Waals surface area contributed by atoms with Crippen LogP contribution in [0.3, 0.4) is 0 Å². The quantitative estimate of drug-likeness (QED) is 0.471. The van der Waals surface area contributed by atoms with Gasteiger partial charge in [0.2, 0.25) is 0 Å². The van der Waals surface area contributed by atoms with Crippen LogP contribution in [0, 0.1) is 0 Å².